The largest absolute Gasteiger partial charge is 0.352 e. The molecule has 1 amide bonds. The Hall–Kier alpha value is -3.12. The molecule has 0 atom stereocenters. The number of hydrogen-bond donors (Lipinski definition) is 1. The van der Waals surface area contributed by atoms with Crippen LogP contribution in [0.3, 0.4) is 0 Å². The first kappa shape index (κ1) is 21.7. The fraction of sp³-hybridized carbons (Fsp3) is 0.296. The summed E-state index contributed by atoms with van der Waals surface area (Å²) in [5, 5.41) is 8.73. The van der Waals surface area contributed by atoms with E-state index in [0.29, 0.717) is 18.0 Å². The lowest BCUT2D eigenvalue weighted by atomic mass is 10.1. The lowest BCUT2D eigenvalue weighted by Crippen LogP contribution is -2.26. The molecule has 168 valence electrons. The molecule has 5 rings (SSSR count). The number of rotatable bonds is 7. The standard InChI is InChI=1S/C27H28N4OS/c1-17-4-10-21(11-5-17)31-26-25(18(2)30-31)23(16-24(29-26)20-8-9-20)27(32)28-15-14-19-6-12-22(33-3)13-7-19/h4-7,10-13,16,20H,8-9,14-15H2,1-3H3,(H,28,32). The highest BCUT2D eigenvalue weighted by atomic mass is 32.2. The van der Waals surface area contributed by atoms with E-state index in [1.807, 2.05) is 17.7 Å². The van der Waals surface area contributed by atoms with Crippen molar-refractivity contribution < 1.29 is 4.79 Å². The van der Waals surface area contributed by atoms with E-state index in [0.717, 1.165) is 47.4 Å². The molecule has 0 saturated heterocycles. The maximum absolute atomic E-state index is 13.3. The Morgan fingerprint density at radius 3 is 2.48 bits per heavy atom. The first-order valence-electron chi connectivity index (χ1n) is 11.4. The minimum absolute atomic E-state index is 0.0587. The van der Waals surface area contributed by atoms with Gasteiger partial charge in [0, 0.05) is 23.1 Å². The molecule has 0 spiro atoms. The Morgan fingerprint density at radius 2 is 1.82 bits per heavy atom. The van der Waals surface area contributed by atoms with Crippen LogP contribution in [0.1, 0.15) is 51.6 Å². The van der Waals surface area contributed by atoms with E-state index in [1.54, 1.807) is 11.8 Å². The summed E-state index contributed by atoms with van der Waals surface area (Å²) in [6.07, 6.45) is 5.13. The van der Waals surface area contributed by atoms with Crippen LogP contribution < -0.4 is 5.32 Å². The number of pyridine rings is 1. The van der Waals surface area contributed by atoms with E-state index in [2.05, 4.69) is 67.0 Å². The third kappa shape index (κ3) is 4.53. The molecule has 0 unspecified atom stereocenters. The van der Waals surface area contributed by atoms with Gasteiger partial charge in [0.25, 0.3) is 5.91 Å². The zero-order valence-electron chi connectivity index (χ0n) is 19.3. The fourth-order valence-electron chi connectivity index (χ4n) is 4.15. The highest BCUT2D eigenvalue weighted by molar-refractivity contribution is 7.98. The first-order valence-corrected chi connectivity index (χ1v) is 12.6. The Morgan fingerprint density at radius 1 is 1.09 bits per heavy atom. The monoisotopic (exact) mass is 456 g/mol. The predicted octanol–water partition coefficient (Wildman–Crippen LogP) is 5.61. The maximum Gasteiger partial charge on any atom is 0.252 e. The molecule has 1 fully saturated rings. The Bertz CT molecular complexity index is 1300. The van der Waals surface area contributed by atoms with E-state index < -0.39 is 0 Å². The molecule has 1 aliphatic rings. The number of carbonyl (C=O) groups excluding carboxylic acids is 1. The molecule has 0 bridgehead atoms. The summed E-state index contributed by atoms with van der Waals surface area (Å²) < 4.78 is 1.88. The smallest absolute Gasteiger partial charge is 0.252 e. The van der Waals surface area contributed by atoms with Gasteiger partial charge < -0.3 is 5.32 Å². The lowest BCUT2D eigenvalue weighted by Gasteiger charge is -2.10. The molecule has 2 aromatic heterocycles. The molecule has 2 heterocycles. The minimum Gasteiger partial charge on any atom is -0.352 e. The summed E-state index contributed by atoms with van der Waals surface area (Å²) >= 11 is 1.73. The van der Waals surface area contributed by atoms with Gasteiger partial charge in [-0.25, -0.2) is 9.67 Å². The fourth-order valence-corrected chi connectivity index (χ4v) is 4.56. The van der Waals surface area contributed by atoms with Crippen LogP contribution in [0.15, 0.2) is 59.5 Å². The summed E-state index contributed by atoms with van der Waals surface area (Å²) in [6.45, 7) is 4.61. The highest BCUT2D eigenvalue weighted by Gasteiger charge is 2.29. The number of fused-ring (bicyclic) bond motifs is 1. The summed E-state index contributed by atoms with van der Waals surface area (Å²) in [4.78, 5) is 19.5. The molecule has 0 radical (unpaired) electrons. The van der Waals surface area contributed by atoms with Crippen LogP contribution >= 0.6 is 11.8 Å². The summed E-state index contributed by atoms with van der Waals surface area (Å²) in [7, 11) is 0. The van der Waals surface area contributed by atoms with E-state index in [-0.39, 0.29) is 5.91 Å². The summed E-state index contributed by atoms with van der Waals surface area (Å²) in [6, 6.07) is 18.7. The molecule has 1 saturated carbocycles. The number of nitrogens with zero attached hydrogens (tertiary/aromatic N) is 3. The molecule has 6 heteroatoms. The quantitative estimate of drug-likeness (QED) is 0.367. The number of aryl methyl sites for hydroxylation is 2. The topological polar surface area (TPSA) is 59.8 Å². The van der Waals surface area contributed by atoms with Gasteiger partial charge >= 0.3 is 0 Å². The van der Waals surface area contributed by atoms with Crippen molar-refractivity contribution in [3.05, 3.63) is 82.7 Å². The first-order chi connectivity index (χ1) is 16.0. The lowest BCUT2D eigenvalue weighted by molar-refractivity contribution is 0.0955. The summed E-state index contributed by atoms with van der Waals surface area (Å²) in [5.41, 5.74) is 6.62. The second kappa shape index (κ2) is 9.02. The second-order valence-electron chi connectivity index (χ2n) is 8.75. The molecule has 4 aromatic rings. The molecule has 0 aliphatic heterocycles. The molecule has 5 nitrogen and oxygen atoms in total. The Labute approximate surface area is 198 Å². The van der Waals surface area contributed by atoms with Crippen molar-refractivity contribution in [1.29, 1.82) is 0 Å². The van der Waals surface area contributed by atoms with Crippen molar-refractivity contribution >= 4 is 28.7 Å². The van der Waals surface area contributed by atoms with E-state index in [9.17, 15) is 4.79 Å². The predicted molar refractivity (Wildman–Crippen MR) is 135 cm³/mol. The van der Waals surface area contributed by atoms with Crippen LogP contribution in [0.25, 0.3) is 16.7 Å². The number of amides is 1. The third-order valence-corrected chi connectivity index (χ3v) is 6.95. The zero-order chi connectivity index (χ0) is 22.9. The van der Waals surface area contributed by atoms with Gasteiger partial charge in [-0.05, 0) is 75.3 Å². The van der Waals surface area contributed by atoms with Gasteiger partial charge in [0.2, 0.25) is 0 Å². The average molecular weight is 457 g/mol. The van der Waals surface area contributed by atoms with Gasteiger partial charge in [-0.1, -0.05) is 29.8 Å². The minimum atomic E-state index is -0.0587. The molecule has 1 N–H and O–H groups in total. The van der Waals surface area contributed by atoms with Crippen LogP contribution in [0, 0.1) is 13.8 Å². The van der Waals surface area contributed by atoms with Crippen molar-refractivity contribution in [2.24, 2.45) is 0 Å². The third-order valence-electron chi connectivity index (χ3n) is 6.21. The van der Waals surface area contributed by atoms with Crippen LogP contribution in [0.2, 0.25) is 0 Å². The van der Waals surface area contributed by atoms with E-state index >= 15 is 0 Å². The van der Waals surface area contributed by atoms with Crippen LogP contribution in [-0.2, 0) is 6.42 Å². The normalized spacial score (nSPS) is 13.4. The van der Waals surface area contributed by atoms with Crippen LogP contribution in [0.5, 0.6) is 0 Å². The molecule has 33 heavy (non-hydrogen) atoms. The van der Waals surface area contributed by atoms with Gasteiger partial charge in [0.15, 0.2) is 5.65 Å². The van der Waals surface area contributed by atoms with E-state index in [1.165, 1.54) is 16.0 Å². The Kier molecular flexibility index (Phi) is 5.94. The van der Waals surface area contributed by atoms with Gasteiger partial charge in [0.05, 0.1) is 22.3 Å². The molecular formula is C27H28N4OS. The van der Waals surface area contributed by atoms with Crippen molar-refractivity contribution in [3.8, 4) is 5.69 Å². The van der Waals surface area contributed by atoms with Crippen molar-refractivity contribution in [1.82, 2.24) is 20.1 Å². The van der Waals surface area contributed by atoms with Crippen LogP contribution in [0.4, 0.5) is 0 Å². The van der Waals surface area contributed by atoms with E-state index in [4.69, 9.17) is 10.1 Å². The van der Waals surface area contributed by atoms with Gasteiger partial charge in [-0.2, -0.15) is 5.10 Å². The number of benzene rings is 2. The SMILES string of the molecule is CSc1ccc(CCNC(=O)c2cc(C3CC3)nc3c2c(C)nn3-c2ccc(C)cc2)cc1. The Balaban J connectivity index is 1.45. The summed E-state index contributed by atoms with van der Waals surface area (Å²) in [5.74, 6) is 0.383. The van der Waals surface area contributed by atoms with Gasteiger partial charge in [0.1, 0.15) is 0 Å². The molecule has 2 aromatic carbocycles. The molecule has 1 aliphatic carbocycles. The highest BCUT2D eigenvalue weighted by Crippen LogP contribution is 2.40. The number of nitrogens with one attached hydrogen (secondary N) is 1. The van der Waals surface area contributed by atoms with Crippen molar-refractivity contribution in [3.63, 3.8) is 0 Å². The van der Waals surface area contributed by atoms with Crippen molar-refractivity contribution in [2.45, 2.75) is 43.9 Å². The number of thioether (sulfide) groups is 1. The average Bonchev–Trinajstić information content (AvgIpc) is 3.63. The molecular weight excluding hydrogens is 428 g/mol. The second-order valence-corrected chi connectivity index (χ2v) is 9.63. The number of carbonyl (C=O) groups is 1. The van der Waals surface area contributed by atoms with Gasteiger partial charge in [-0.15, -0.1) is 11.8 Å². The van der Waals surface area contributed by atoms with Crippen LogP contribution in [-0.4, -0.2) is 33.5 Å². The number of hydrogen-bond acceptors (Lipinski definition) is 4. The maximum atomic E-state index is 13.3. The number of aromatic nitrogens is 3. The zero-order valence-corrected chi connectivity index (χ0v) is 20.1. The van der Waals surface area contributed by atoms with Crippen molar-refractivity contribution in [2.75, 3.05) is 12.8 Å². The van der Waals surface area contributed by atoms with Gasteiger partial charge in [-0.3, -0.25) is 4.79 Å².